The van der Waals surface area contributed by atoms with Gasteiger partial charge in [-0.2, -0.15) is 0 Å². The summed E-state index contributed by atoms with van der Waals surface area (Å²) in [7, 11) is 1.58. The highest BCUT2D eigenvalue weighted by atomic mass is 16.5. The fourth-order valence-corrected chi connectivity index (χ4v) is 2.73. The summed E-state index contributed by atoms with van der Waals surface area (Å²) >= 11 is 0. The normalized spacial score (nSPS) is 16.5. The van der Waals surface area contributed by atoms with E-state index < -0.39 is 12.0 Å². The summed E-state index contributed by atoms with van der Waals surface area (Å²) < 4.78 is 10.1. The molecule has 134 valence electrons. The van der Waals surface area contributed by atoms with Crippen LogP contribution in [-0.2, 0) is 14.4 Å². The van der Waals surface area contributed by atoms with E-state index in [1.54, 1.807) is 55.6 Å². The number of hydrogen-bond acceptors (Lipinski definition) is 6. The van der Waals surface area contributed by atoms with E-state index in [-0.39, 0.29) is 18.2 Å². The summed E-state index contributed by atoms with van der Waals surface area (Å²) in [4.78, 5) is 37.0. The van der Waals surface area contributed by atoms with Gasteiger partial charge >= 0.3 is 5.97 Å². The molecule has 0 aliphatic carbocycles. The first-order chi connectivity index (χ1) is 12.5. The van der Waals surface area contributed by atoms with Crippen molar-refractivity contribution in [1.29, 1.82) is 0 Å². The van der Waals surface area contributed by atoms with Crippen LogP contribution in [-0.4, -0.2) is 30.9 Å². The average molecular weight is 354 g/mol. The predicted octanol–water partition coefficient (Wildman–Crippen LogP) is 2.36. The predicted molar refractivity (Wildman–Crippen MR) is 95.3 cm³/mol. The van der Waals surface area contributed by atoms with Gasteiger partial charge in [-0.15, -0.1) is 0 Å². The molecule has 0 saturated carbocycles. The Morgan fingerprint density at radius 3 is 2.23 bits per heavy atom. The van der Waals surface area contributed by atoms with Gasteiger partial charge in [0.1, 0.15) is 17.5 Å². The number of imide groups is 1. The molecule has 1 heterocycles. The third-order valence-corrected chi connectivity index (χ3v) is 3.93. The highest BCUT2D eigenvalue weighted by Crippen LogP contribution is 2.27. The Kier molecular flexibility index (Phi) is 4.88. The first kappa shape index (κ1) is 17.5. The molecular formula is C19H18N2O5. The smallest absolute Gasteiger partial charge is 0.308 e. The van der Waals surface area contributed by atoms with Crippen molar-refractivity contribution in [2.75, 3.05) is 17.3 Å². The van der Waals surface area contributed by atoms with E-state index in [4.69, 9.17) is 9.47 Å². The number of methoxy groups -OCH3 is 1. The van der Waals surface area contributed by atoms with Crippen molar-refractivity contribution in [2.24, 2.45) is 0 Å². The molecule has 0 spiro atoms. The molecule has 1 N–H and O–H groups in total. The van der Waals surface area contributed by atoms with Crippen LogP contribution in [0, 0.1) is 0 Å². The number of amides is 2. The number of benzene rings is 2. The lowest BCUT2D eigenvalue weighted by molar-refractivity contribution is -0.132. The van der Waals surface area contributed by atoms with Crippen LogP contribution in [0.2, 0.25) is 0 Å². The van der Waals surface area contributed by atoms with Crippen LogP contribution in [0.1, 0.15) is 13.3 Å². The van der Waals surface area contributed by atoms with Crippen molar-refractivity contribution in [3.05, 3.63) is 48.5 Å². The topological polar surface area (TPSA) is 84.9 Å². The first-order valence-electron chi connectivity index (χ1n) is 8.04. The van der Waals surface area contributed by atoms with E-state index in [0.717, 1.165) is 10.6 Å². The zero-order valence-corrected chi connectivity index (χ0v) is 14.4. The molecule has 1 aliphatic rings. The molecule has 7 nitrogen and oxygen atoms in total. The van der Waals surface area contributed by atoms with Gasteiger partial charge in [-0.25, -0.2) is 4.90 Å². The number of nitrogens with zero attached hydrogens (tertiary/aromatic N) is 1. The van der Waals surface area contributed by atoms with Gasteiger partial charge in [0, 0.05) is 12.6 Å². The van der Waals surface area contributed by atoms with E-state index in [2.05, 4.69) is 5.32 Å². The van der Waals surface area contributed by atoms with E-state index in [0.29, 0.717) is 17.2 Å². The molecule has 2 aromatic carbocycles. The van der Waals surface area contributed by atoms with E-state index in [9.17, 15) is 14.4 Å². The summed E-state index contributed by atoms with van der Waals surface area (Å²) in [6.45, 7) is 1.30. The zero-order chi connectivity index (χ0) is 18.7. The number of carbonyl (C=O) groups is 3. The van der Waals surface area contributed by atoms with Gasteiger partial charge in [-0.1, -0.05) is 0 Å². The monoisotopic (exact) mass is 354 g/mol. The molecule has 1 aliphatic heterocycles. The third kappa shape index (κ3) is 3.66. The van der Waals surface area contributed by atoms with Crippen molar-refractivity contribution >= 4 is 29.2 Å². The number of carbonyl (C=O) groups excluding carboxylic acids is 3. The van der Waals surface area contributed by atoms with E-state index in [1.165, 1.54) is 6.92 Å². The van der Waals surface area contributed by atoms with Gasteiger partial charge in [0.15, 0.2) is 0 Å². The van der Waals surface area contributed by atoms with Crippen LogP contribution >= 0.6 is 0 Å². The molecule has 2 aromatic rings. The van der Waals surface area contributed by atoms with Crippen molar-refractivity contribution in [3.63, 3.8) is 0 Å². The van der Waals surface area contributed by atoms with Crippen molar-refractivity contribution < 1.29 is 23.9 Å². The lowest BCUT2D eigenvalue weighted by Crippen LogP contribution is -2.34. The summed E-state index contributed by atoms with van der Waals surface area (Å²) in [6.07, 6.45) is 0.0660. The second-order valence-electron chi connectivity index (χ2n) is 5.78. The summed E-state index contributed by atoms with van der Waals surface area (Å²) in [5.74, 6) is 0.00857. The number of esters is 1. The molecule has 26 heavy (non-hydrogen) atoms. The van der Waals surface area contributed by atoms with Crippen LogP contribution < -0.4 is 19.7 Å². The number of hydrogen-bond donors (Lipinski definition) is 1. The first-order valence-corrected chi connectivity index (χ1v) is 8.04. The number of ether oxygens (including phenoxy) is 2. The lowest BCUT2D eigenvalue weighted by atomic mass is 10.2. The maximum absolute atomic E-state index is 12.6. The van der Waals surface area contributed by atoms with Crippen molar-refractivity contribution in [3.8, 4) is 11.5 Å². The quantitative estimate of drug-likeness (QED) is 0.504. The van der Waals surface area contributed by atoms with Gasteiger partial charge in [0.25, 0.3) is 5.91 Å². The standard InChI is InChI=1S/C19H18N2O5/c1-12(22)26-16-9-5-14(6-10-16)21-18(23)11-17(19(21)24)20-13-3-7-15(25-2)8-4-13/h3-10,17,20H,11H2,1-2H3/t17-/m1/s1. The van der Waals surface area contributed by atoms with Gasteiger partial charge < -0.3 is 14.8 Å². The van der Waals surface area contributed by atoms with Gasteiger partial charge in [-0.3, -0.25) is 14.4 Å². The largest absolute Gasteiger partial charge is 0.497 e. The Hall–Kier alpha value is -3.35. The Morgan fingerprint density at radius 2 is 1.65 bits per heavy atom. The van der Waals surface area contributed by atoms with Gasteiger partial charge in [-0.05, 0) is 48.5 Å². The SMILES string of the molecule is COc1ccc(N[C@@H]2CC(=O)N(c3ccc(OC(C)=O)cc3)C2=O)cc1. The summed E-state index contributed by atoms with van der Waals surface area (Å²) in [6, 6.07) is 12.7. The molecule has 0 radical (unpaired) electrons. The molecule has 2 amide bonds. The van der Waals surface area contributed by atoms with Crippen LogP contribution in [0.15, 0.2) is 48.5 Å². The molecule has 3 rings (SSSR count). The molecule has 0 aromatic heterocycles. The third-order valence-electron chi connectivity index (χ3n) is 3.93. The number of anilines is 2. The second kappa shape index (κ2) is 7.26. The van der Waals surface area contributed by atoms with E-state index in [1.807, 2.05) is 0 Å². The highest BCUT2D eigenvalue weighted by Gasteiger charge is 2.39. The highest BCUT2D eigenvalue weighted by molar-refractivity contribution is 6.23. The fraction of sp³-hybridized carbons (Fsp3) is 0.211. The van der Waals surface area contributed by atoms with Crippen molar-refractivity contribution in [1.82, 2.24) is 0 Å². The van der Waals surface area contributed by atoms with Crippen LogP contribution in [0.4, 0.5) is 11.4 Å². The molecule has 1 atom stereocenters. The van der Waals surface area contributed by atoms with Crippen LogP contribution in [0.25, 0.3) is 0 Å². The average Bonchev–Trinajstić information content (AvgIpc) is 2.89. The number of rotatable bonds is 5. The Labute approximate surface area is 150 Å². The molecule has 1 fully saturated rings. The maximum atomic E-state index is 12.6. The second-order valence-corrected chi connectivity index (χ2v) is 5.78. The zero-order valence-electron chi connectivity index (χ0n) is 14.4. The Morgan fingerprint density at radius 1 is 1.04 bits per heavy atom. The van der Waals surface area contributed by atoms with E-state index >= 15 is 0 Å². The van der Waals surface area contributed by atoms with Crippen LogP contribution in [0.5, 0.6) is 11.5 Å². The van der Waals surface area contributed by atoms with Gasteiger partial charge in [0.05, 0.1) is 19.2 Å². The minimum Gasteiger partial charge on any atom is -0.497 e. The Balaban J connectivity index is 1.72. The van der Waals surface area contributed by atoms with Gasteiger partial charge in [0.2, 0.25) is 5.91 Å². The molecule has 0 bridgehead atoms. The Bertz CT molecular complexity index is 830. The number of nitrogens with one attached hydrogen (secondary N) is 1. The van der Waals surface area contributed by atoms with Crippen LogP contribution in [0.3, 0.4) is 0 Å². The summed E-state index contributed by atoms with van der Waals surface area (Å²) in [5.41, 5.74) is 1.17. The van der Waals surface area contributed by atoms with Crippen molar-refractivity contribution in [2.45, 2.75) is 19.4 Å². The minimum absolute atomic E-state index is 0.0660. The maximum Gasteiger partial charge on any atom is 0.308 e. The lowest BCUT2D eigenvalue weighted by Gasteiger charge is -2.16. The molecule has 1 saturated heterocycles. The summed E-state index contributed by atoms with van der Waals surface area (Å²) in [5, 5.41) is 3.07. The molecular weight excluding hydrogens is 336 g/mol. The fourth-order valence-electron chi connectivity index (χ4n) is 2.73. The molecule has 0 unspecified atom stereocenters. The molecule has 7 heteroatoms. The minimum atomic E-state index is -0.635.